The van der Waals surface area contributed by atoms with Crippen molar-refractivity contribution in [3.05, 3.63) is 90.1 Å². The Morgan fingerprint density at radius 1 is 0.826 bits per heavy atom. The van der Waals surface area contributed by atoms with Crippen LogP contribution in [0.15, 0.2) is 84.2 Å². The van der Waals surface area contributed by atoms with Crippen LogP contribution in [0.3, 0.4) is 0 Å². The average Bonchev–Trinajstić information content (AvgIpc) is 3.05. The van der Waals surface area contributed by atoms with Gasteiger partial charge < -0.3 is 4.90 Å². The van der Waals surface area contributed by atoms with Gasteiger partial charge in [0.25, 0.3) is 0 Å². The molecular weight excluding hydrogens is 297 g/mol. The van der Waals surface area contributed by atoms with E-state index in [0.717, 1.165) is 0 Å². The summed E-state index contributed by atoms with van der Waals surface area (Å²) in [4.78, 5) is 2.28. The van der Waals surface area contributed by atoms with Crippen molar-refractivity contribution >= 4 is 18.5 Å². The maximum absolute atomic E-state index is 2.31. The molecule has 23 heavy (non-hydrogen) atoms. The van der Waals surface area contributed by atoms with Gasteiger partial charge in [-0.2, -0.15) is 0 Å². The van der Waals surface area contributed by atoms with Gasteiger partial charge in [-0.15, -0.1) is 0 Å². The zero-order chi connectivity index (χ0) is 16.2. The molecular formula is C21H23NP. The molecule has 1 atom stereocenters. The number of benzene rings is 2. The molecule has 1 nitrogen and oxygen atoms in total. The van der Waals surface area contributed by atoms with Gasteiger partial charge in [0.2, 0.25) is 0 Å². The Morgan fingerprint density at radius 2 is 1.35 bits per heavy atom. The molecule has 2 heteroatoms. The third-order valence-electron chi connectivity index (χ3n) is 4.32. The standard InChI is InChI=1S/C21H23NP/c1-17(22(2)3)20-15-10-16-21(20)23(18-11-6-4-7-12-18)19-13-8-5-9-14-19/h4-17H,1-3H3. The molecule has 2 aromatic rings. The van der Waals surface area contributed by atoms with E-state index in [1.807, 2.05) is 0 Å². The van der Waals surface area contributed by atoms with Crippen LogP contribution >= 0.6 is 7.92 Å². The molecule has 1 unspecified atom stereocenters. The van der Waals surface area contributed by atoms with Crippen molar-refractivity contribution in [2.24, 2.45) is 0 Å². The van der Waals surface area contributed by atoms with E-state index in [2.05, 4.69) is 105 Å². The molecule has 117 valence electrons. The van der Waals surface area contributed by atoms with Crippen LogP contribution in [0.1, 0.15) is 6.92 Å². The predicted molar refractivity (Wildman–Crippen MR) is 103 cm³/mol. The molecule has 1 radical (unpaired) electrons. The van der Waals surface area contributed by atoms with Crippen LogP contribution < -0.4 is 10.6 Å². The highest BCUT2D eigenvalue weighted by atomic mass is 31.1. The molecule has 0 fully saturated rings. The molecule has 0 N–H and O–H groups in total. The number of allylic oxidation sites excluding steroid dienone is 2. The third-order valence-corrected chi connectivity index (χ3v) is 6.84. The molecule has 0 saturated heterocycles. The molecule has 0 aliphatic heterocycles. The second-order valence-electron chi connectivity index (χ2n) is 6.01. The fourth-order valence-corrected chi connectivity index (χ4v) is 5.39. The highest BCUT2D eigenvalue weighted by molar-refractivity contribution is 7.77. The number of hydrogen-bond donors (Lipinski definition) is 0. The molecule has 0 heterocycles. The third kappa shape index (κ3) is 3.47. The Balaban J connectivity index is 2.03. The van der Waals surface area contributed by atoms with Gasteiger partial charge in [0.1, 0.15) is 0 Å². The van der Waals surface area contributed by atoms with Crippen LogP contribution in [-0.2, 0) is 0 Å². The summed E-state index contributed by atoms with van der Waals surface area (Å²) in [5.74, 6) is 1.44. The molecule has 0 spiro atoms. The maximum Gasteiger partial charge on any atom is 0.0445 e. The molecule has 3 rings (SSSR count). The van der Waals surface area contributed by atoms with Gasteiger partial charge in [0.05, 0.1) is 0 Å². The summed E-state index contributed by atoms with van der Waals surface area (Å²) in [5.41, 5.74) is 0. The minimum absolute atomic E-state index is 0.414. The molecule has 0 amide bonds. The highest BCUT2D eigenvalue weighted by Crippen LogP contribution is 2.51. The van der Waals surface area contributed by atoms with E-state index in [9.17, 15) is 0 Å². The molecule has 0 aromatic heterocycles. The minimum atomic E-state index is -0.514. The molecule has 2 aromatic carbocycles. The minimum Gasteiger partial charge on any atom is -0.305 e. The second kappa shape index (κ2) is 7.25. The second-order valence-corrected chi connectivity index (χ2v) is 8.20. The van der Waals surface area contributed by atoms with E-state index in [-0.39, 0.29) is 0 Å². The maximum atomic E-state index is 2.31. The van der Waals surface area contributed by atoms with Gasteiger partial charge >= 0.3 is 0 Å². The van der Waals surface area contributed by atoms with Crippen molar-refractivity contribution in [3.63, 3.8) is 0 Å². The van der Waals surface area contributed by atoms with Crippen molar-refractivity contribution in [3.8, 4) is 0 Å². The summed E-state index contributed by atoms with van der Waals surface area (Å²) in [6.07, 6.45) is 6.79. The summed E-state index contributed by atoms with van der Waals surface area (Å²) in [6.45, 7) is 2.28. The van der Waals surface area contributed by atoms with E-state index < -0.39 is 7.92 Å². The first-order valence-corrected chi connectivity index (χ1v) is 9.35. The van der Waals surface area contributed by atoms with E-state index in [1.165, 1.54) is 21.8 Å². The Labute approximate surface area is 141 Å². The van der Waals surface area contributed by atoms with Crippen molar-refractivity contribution in [1.29, 1.82) is 0 Å². The summed E-state index contributed by atoms with van der Waals surface area (Å²) in [5, 5.41) is 4.29. The van der Waals surface area contributed by atoms with Crippen LogP contribution in [0.5, 0.6) is 0 Å². The lowest BCUT2D eigenvalue weighted by atomic mass is 10.0. The van der Waals surface area contributed by atoms with Crippen LogP contribution in [0.4, 0.5) is 0 Å². The zero-order valence-corrected chi connectivity index (χ0v) is 14.9. The van der Waals surface area contributed by atoms with Crippen molar-refractivity contribution in [1.82, 2.24) is 4.90 Å². The van der Waals surface area contributed by atoms with Gasteiger partial charge in [0, 0.05) is 12.0 Å². The summed E-state index contributed by atoms with van der Waals surface area (Å²) < 4.78 is 0. The number of hydrogen-bond acceptors (Lipinski definition) is 1. The Kier molecular flexibility index (Phi) is 5.10. The molecule has 0 bridgehead atoms. The molecule has 1 aliphatic carbocycles. The first kappa shape index (κ1) is 16.2. The fourth-order valence-electron chi connectivity index (χ4n) is 2.84. The topological polar surface area (TPSA) is 3.24 Å². The first-order chi connectivity index (χ1) is 11.2. The normalized spacial score (nSPS) is 16.1. The smallest absolute Gasteiger partial charge is 0.0445 e. The van der Waals surface area contributed by atoms with E-state index in [1.54, 1.807) is 0 Å². The Morgan fingerprint density at radius 3 is 1.83 bits per heavy atom. The largest absolute Gasteiger partial charge is 0.305 e. The predicted octanol–water partition coefficient (Wildman–Crippen LogP) is 4.10. The Hall–Kier alpha value is -1.69. The Bertz CT molecular complexity index is 649. The van der Waals surface area contributed by atoms with Gasteiger partial charge in [-0.25, -0.2) is 0 Å². The lowest BCUT2D eigenvalue weighted by molar-refractivity contribution is 0.338. The molecule has 1 aliphatic rings. The zero-order valence-electron chi connectivity index (χ0n) is 14.0. The fraction of sp³-hybridized carbons (Fsp3) is 0.190. The van der Waals surface area contributed by atoms with Crippen LogP contribution in [0, 0.1) is 5.92 Å². The lowest BCUT2D eigenvalue weighted by Crippen LogP contribution is -2.31. The van der Waals surface area contributed by atoms with Crippen LogP contribution in [0.25, 0.3) is 0 Å². The van der Waals surface area contributed by atoms with Gasteiger partial charge in [0.15, 0.2) is 0 Å². The van der Waals surface area contributed by atoms with Gasteiger partial charge in [-0.3, -0.25) is 0 Å². The van der Waals surface area contributed by atoms with Gasteiger partial charge in [-0.05, 0) is 44.9 Å². The molecule has 0 saturated carbocycles. The van der Waals surface area contributed by atoms with Crippen molar-refractivity contribution in [2.75, 3.05) is 14.1 Å². The highest BCUT2D eigenvalue weighted by Gasteiger charge is 2.30. The SMILES string of the molecule is CC([C]1C=CC=C1P(c1ccccc1)c1ccccc1)N(C)C. The summed E-state index contributed by atoms with van der Waals surface area (Å²) in [6, 6.07) is 22.2. The van der Waals surface area contributed by atoms with Crippen LogP contribution in [-0.4, -0.2) is 25.0 Å². The quantitative estimate of drug-likeness (QED) is 0.750. The summed E-state index contributed by atoms with van der Waals surface area (Å²) in [7, 11) is 3.78. The van der Waals surface area contributed by atoms with E-state index in [0.29, 0.717) is 6.04 Å². The average molecular weight is 320 g/mol. The monoisotopic (exact) mass is 320 g/mol. The summed E-state index contributed by atoms with van der Waals surface area (Å²) >= 11 is 0. The van der Waals surface area contributed by atoms with Crippen molar-refractivity contribution in [2.45, 2.75) is 13.0 Å². The van der Waals surface area contributed by atoms with Crippen molar-refractivity contribution < 1.29 is 0 Å². The number of nitrogens with zero attached hydrogens (tertiary/aromatic N) is 1. The lowest BCUT2D eigenvalue weighted by Gasteiger charge is -2.31. The van der Waals surface area contributed by atoms with Crippen LogP contribution in [0.2, 0.25) is 0 Å². The van der Waals surface area contributed by atoms with E-state index >= 15 is 0 Å². The number of rotatable bonds is 5. The van der Waals surface area contributed by atoms with Gasteiger partial charge in [-0.1, -0.05) is 78.9 Å². The first-order valence-electron chi connectivity index (χ1n) is 8.00. The van der Waals surface area contributed by atoms with E-state index in [4.69, 9.17) is 0 Å².